The Labute approximate surface area is 171 Å². The first-order valence-electron chi connectivity index (χ1n) is 8.92. The third-order valence-corrected chi connectivity index (χ3v) is 5.34. The fraction of sp³-hybridized carbons (Fsp3) is 0.389. The monoisotopic (exact) mass is 418 g/mol. The lowest BCUT2D eigenvalue weighted by atomic mass is 10.2. The Hall–Kier alpha value is -2.76. The highest BCUT2D eigenvalue weighted by atomic mass is 32.2. The molecule has 0 aliphatic carbocycles. The fourth-order valence-electron chi connectivity index (χ4n) is 2.68. The van der Waals surface area contributed by atoms with E-state index >= 15 is 0 Å². The number of ketones is 1. The van der Waals surface area contributed by atoms with Gasteiger partial charge in [-0.05, 0) is 24.6 Å². The van der Waals surface area contributed by atoms with Gasteiger partial charge in [0.2, 0.25) is 11.0 Å². The van der Waals surface area contributed by atoms with Gasteiger partial charge in [0.15, 0.2) is 5.78 Å². The molecule has 2 heterocycles. The molecule has 0 saturated heterocycles. The predicted molar refractivity (Wildman–Crippen MR) is 111 cm³/mol. The summed E-state index contributed by atoms with van der Waals surface area (Å²) in [5.41, 5.74) is 6.84. The molecule has 10 nitrogen and oxygen atoms in total. The predicted octanol–water partition coefficient (Wildman–Crippen LogP) is -0.398. The summed E-state index contributed by atoms with van der Waals surface area (Å²) in [6.45, 7) is 1.46. The molecule has 154 valence electrons. The first-order valence-corrected chi connectivity index (χ1v) is 9.80. The van der Waals surface area contributed by atoms with Crippen LogP contribution in [0, 0.1) is 0 Å². The number of thioether (sulfide) groups is 1. The van der Waals surface area contributed by atoms with Gasteiger partial charge in [0.25, 0.3) is 0 Å². The quantitative estimate of drug-likeness (QED) is 0.417. The van der Waals surface area contributed by atoms with E-state index in [4.69, 9.17) is 10.5 Å². The molecule has 2 aliphatic heterocycles. The van der Waals surface area contributed by atoms with Crippen LogP contribution < -0.4 is 21.7 Å². The van der Waals surface area contributed by atoms with Gasteiger partial charge in [0.1, 0.15) is 24.2 Å². The van der Waals surface area contributed by atoms with E-state index in [1.165, 1.54) is 6.92 Å². The van der Waals surface area contributed by atoms with Crippen LogP contribution in [0.4, 0.5) is 5.69 Å². The number of benzene rings is 1. The molecule has 2 aliphatic rings. The molecule has 1 aromatic carbocycles. The minimum absolute atomic E-state index is 0.0473. The molecule has 5 N–H and O–H groups in total. The van der Waals surface area contributed by atoms with Gasteiger partial charge < -0.3 is 26.4 Å². The van der Waals surface area contributed by atoms with Crippen molar-refractivity contribution in [3.8, 4) is 0 Å². The highest BCUT2D eigenvalue weighted by Gasteiger charge is 2.35. The molecule has 1 aromatic rings. The summed E-state index contributed by atoms with van der Waals surface area (Å²) >= 11 is 1.12. The van der Waals surface area contributed by atoms with Crippen LogP contribution in [0.15, 0.2) is 34.3 Å². The van der Waals surface area contributed by atoms with Gasteiger partial charge in [-0.1, -0.05) is 23.9 Å². The van der Waals surface area contributed by atoms with Crippen molar-refractivity contribution in [3.63, 3.8) is 0 Å². The number of carbonyl (C=O) groups excluding carboxylic acids is 3. The topological polar surface area (TPSA) is 147 Å². The maximum Gasteiger partial charge on any atom is 0.248 e. The molecular formula is C18H22N6O4S. The van der Waals surface area contributed by atoms with Gasteiger partial charge in [-0.25, -0.2) is 4.99 Å². The first-order chi connectivity index (χ1) is 13.9. The van der Waals surface area contributed by atoms with Crippen LogP contribution in [0.1, 0.15) is 12.5 Å². The zero-order valence-corrected chi connectivity index (χ0v) is 16.5. The number of anilines is 1. The summed E-state index contributed by atoms with van der Waals surface area (Å²) in [4.78, 5) is 43.6. The number of ether oxygens (including phenoxy) is 1. The Morgan fingerprint density at radius 3 is 2.66 bits per heavy atom. The van der Waals surface area contributed by atoms with E-state index in [9.17, 15) is 14.4 Å². The molecule has 4 atom stereocenters. The molecule has 0 bridgehead atoms. The molecule has 1 amide bonds. The fourth-order valence-corrected chi connectivity index (χ4v) is 3.59. The molecule has 4 unspecified atom stereocenters. The van der Waals surface area contributed by atoms with Crippen LogP contribution in [-0.2, 0) is 25.7 Å². The Morgan fingerprint density at radius 2 is 1.93 bits per heavy atom. The van der Waals surface area contributed by atoms with Gasteiger partial charge in [-0.15, -0.1) is 0 Å². The zero-order chi connectivity index (χ0) is 20.8. The minimum Gasteiger partial charge on any atom is -0.368 e. The normalized spacial score (nSPS) is 22.9. The zero-order valence-electron chi connectivity index (χ0n) is 15.7. The third-order valence-electron chi connectivity index (χ3n) is 4.30. The molecule has 11 heteroatoms. The number of Topliss-reactive ketones (excluding diaryl/α,β-unsaturated/α-hetero) is 1. The smallest absolute Gasteiger partial charge is 0.248 e. The summed E-state index contributed by atoms with van der Waals surface area (Å²) < 4.78 is 5.48. The Bertz CT molecular complexity index is 828. The number of fused-ring (bicyclic) bond motifs is 1. The number of rotatable bonds is 8. The van der Waals surface area contributed by atoms with E-state index in [0.717, 1.165) is 17.3 Å². The lowest BCUT2D eigenvalue weighted by molar-refractivity contribution is -0.126. The number of nitrogens with zero attached hydrogens (tertiary/aromatic N) is 2. The second kappa shape index (κ2) is 9.63. The number of amides is 1. The van der Waals surface area contributed by atoms with Crippen LogP contribution >= 0.6 is 11.8 Å². The van der Waals surface area contributed by atoms with Crippen molar-refractivity contribution < 1.29 is 19.1 Å². The number of nitrogens with one attached hydrogen (secondary N) is 3. The number of hydrogen-bond donors (Lipinski definition) is 4. The number of carbonyl (C=O) groups is 3. The van der Waals surface area contributed by atoms with Crippen LogP contribution in [0.25, 0.3) is 0 Å². The van der Waals surface area contributed by atoms with Crippen LogP contribution in [0.3, 0.4) is 0 Å². The van der Waals surface area contributed by atoms with E-state index in [2.05, 4.69) is 25.9 Å². The summed E-state index contributed by atoms with van der Waals surface area (Å²) in [6, 6.07) is 5.62. The molecule has 0 saturated carbocycles. The lowest BCUT2D eigenvalue weighted by Crippen LogP contribution is -2.50. The SMILES string of the molecule is CC(=O)C(N)C(=O)Nc1ccc(COCC(=O)SC2N=CNC3N=CNC32)cc1. The van der Waals surface area contributed by atoms with E-state index < -0.39 is 17.7 Å². The van der Waals surface area contributed by atoms with Crippen LogP contribution in [-0.4, -0.2) is 59.7 Å². The van der Waals surface area contributed by atoms with Crippen molar-refractivity contribution in [1.29, 1.82) is 0 Å². The highest BCUT2D eigenvalue weighted by Crippen LogP contribution is 2.23. The van der Waals surface area contributed by atoms with Crippen molar-refractivity contribution in [1.82, 2.24) is 10.6 Å². The van der Waals surface area contributed by atoms with Crippen molar-refractivity contribution in [3.05, 3.63) is 29.8 Å². The molecule has 3 rings (SSSR count). The third kappa shape index (κ3) is 5.62. The van der Waals surface area contributed by atoms with Crippen LogP contribution in [0.2, 0.25) is 0 Å². The molecule has 29 heavy (non-hydrogen) atoms. The van der Waals surface area contributed by atoms with Gasteiger partial charge in [-0.2, -0.15) is 0 Å². The van der Waals surface area contributed by atoms with Crippen LogP contribution in [0.5, 0.6) is 0 Å². The first kappa shape index (κ1) is 21.0. The van der Waals surface area contributed by atoms with E-state index in [1.807, 2.05) is 0 Å². The van der Waals surface area contributed by atoms with Crippen molar-refractivity contribution in [2.45, 2.75) is 37.2 Å². The van der Waals surface area contributed by atoms with Gasteiger partial charge in [-0.3, -0.25) is 19.4 Å². The number of hydrogen-bond acceptors (Lipinski definition) is 10. The van der Waals surface area contributed by atoms with Gasteiger partial charge in [0, 0.05) is 5.69 Å². The number of aliphatic imine (C=N–C) groups is 2. The maximum absolute atomic E-state index is 12.2. The molecule has 0 fully saturated rings. The summed E-state index contributed by atoms with van der Waals surface area (Å²) in [5.74, 6) is -0.967. The Balaban J connectivity index is 1.40. The lowest BCUT2D eigenvalue weighted by Gasteiger charge is -2.27. The van der Waals surface area contributed by atoms with Crippen molar-refractivity contribution in [2.75, 3.05) is 11.9 Å². The molecular weight excluding hydrogens is 396 g/mol. The summed E-state index contributed by atoms with van der Waals surface area (Å²) in [5, 5.41) is 8.30. The average molecular weight is 418 g/mol. The van der Waals surface area contributed by atoms with E-state index in [0.29, 0.717) is 5.69 Å². The highest BCUT2D eigenvalue weighted by molar-refractivity contribution is 8.14. The summed E-state index contributed by atoms with van der Waals surface area (Å²) in [6.07, 6.45) is 3.08. The second-order valence-corrected chi connectivity index (χ2v) is 7.68. The number of nitrogens with two attached hydrogens (primary N) is 1. The van der Waals surface area contributed by atoms with Gasteiger partial charge >= 0.3 is 0 Å². The average Bonchev–Trinajstić information content (AvgIpc) is 3.18. The van der Waals surface area contributed by atoms with E-state index in [1.54, 1.807) is 36.9 Å². The largest absolute Gasteiger partial charge is 0.368 e. The molecule has 0 aromatic heterocycles. The summed E-state index contributed by atoms with van der Waals surface area (Å²) in [7, 11) is 0. The van der Waals surface area contributed by atoms with Gasteiger partial charge in [0.05, 0.1) is 25.3 Å². The van der Waals surface area contributed by atoms with Crippen molar-refractivity contribution >= 4 is 46.9 Å². The second-order valence-electron chi connectivity index (χ2n) is 6.51. The maximum atomic E-state index is 12.2. The Kier molecular flexibility index (Phi) is 6.96. The standard InChI is InChI=1S/C18H22N6O4S/c1-10(25)14(19)17(27)24-12-4-2-11(3-5-12)6-28-7-13(26)29-18-15-16(21-8-20-15)22-9-23-18/h2-5,8-9,14-16,18H,6-7,19H2,1H3,(H,20,21)(H,22,23)(H,24,27). The minimum atomic E-state index is -1.19. The Morgan fingerprint density at radius 1 is 1.21 bits per heavy atom. The van der Waals surface area contributed by atoms with Crippen molar-refractivity contribution in [2.24, 2.45) is 15.7 Å². The molecule has 0 radical (unpaired) electrons. The molecule has 0 spiro atoms. The van der Waals surface area contributed by atoms with E-state index in [-0.39, 0.29) is 35.9 Å².